The molecule has 1 unspecified atom stereocenters. The van der Waals surface area contributed by atoms with E-state index in [9.17, 15) is 4.39 Å². The van der Waals surface area contributed by atoms with E-state index in [2.05, 4.69) is 37.3 Å². The second kappa shape index (κ2) is 6.80. The van der Waals surface area contributed by atoms with Crippen LogP contribution in [0.1, 0.15) is 22.7 Å². The van der Waals surface area contributed by atoms with Crippen molar-refractivity contribution in [1.29, 1.82) is 0 Å². The first kappa shape index (κ1) is 15.6. The molecule has 0 amide bonds. The van der Waals surface area contributed by atoms with Crippen molar-refractivity contribution < 1.29 is 4.39 Å². The molecule has 0 spiro atoms. The predicted octanol–water partition coefficient (Wildman–Crippen LogP) is 4.41. The van der Waals surface area contributed by atoms with E-state index in [1.54, 1.807) is 12.1 Å². The fourth-order valence-electron chi connectivity index (χ4n) is 2.16. The summed E-state index contributed by atoms with van der Waals surface area (Å²) in [6, 6.07) is 11.0. The zero-order valence-electron chi connectivity index (χ0n) is 11.0. The highest BCUT2D eigenvalue weighted by Crippen LogP contribution is 2.27. The molecule has 1 atom stereocenters. The first-order valence-corrected chi connectivity index (χ1v) is 7.76. The smallest absolute Gasteiger partial charge is 0.137 e. The van der Waals surface area contributed by atoms with E-state index in [1.807, 2.05) is 25.1 Å². The van der Waals surface area contributed by atoms with Crippen molar-refractivity contribution in [3.8, 4) is 0 Å². The number of hydrazine groups is 1. The van der Waals surface area contributed by atoms with Crippen LogP contribution in [0.5, 0.6) is 0 Å². The van der Waals surface area contributed by atoms with Gasteiger partial charge in [0.05, 0.1) is 10.5 Å². The van der Waals surface area contributed by atoms with Gasteiger partial charge in [0.2, 0.25) is 0 Å². The molecule has 2 rings (SSSR count). The summed E-state index contributed by atoms with van der Waals surface area (Å²) < 4.78 is 14.8. The van der Waals surface area contributed by atoms with E-state index in [0.29, 0.717) is 10.9 Å². The second-order valence-corrected chi connectivity index (χ2v) is 6.33. The minimum absolute atomic E-state index is 0.0233. The lowest BCUT2D eigenvalue weighted by Gasteiger charge is -2.19. The van der Waals surface area contributed by atoms with Gasteiger partial charge in [-0.25, -0.2) is 4.39 Å². The largest absolute Gasteiger partial charge is 0.271 e. The summed E-state index contributed by atoms with van der Waals surface area (Å²) in [4.78, 5) is 0. The molecule has 0 aliphatic rings. The third kappa shape index (κ3) is 3.47. The molecule has 3 N–H and O–H groups in total. The van der Waals surface area contributed by atoms with Gasteiger partial charge in [0.1, 0.15) is 5.82 Å². The number of nitrogens with one attached hydrogen (secondary N) is 1. The Labute approximate surface area is 134 Å². The number of rotatable bonds is 4. The average Bonchev–Trinajstić information content (AvgIpc) is 2.43. The highest BCUT2D eigenvalue weighted by Gasteiger charge is 2.15. The highest BCUT2D eigenvalue weighted by molar-refractivity contribution is 9.10. The number of benzene rings is 2. The Kier molecular flexibility index (Phi) is 5.32. The van der Waals surface area contributed by atoms with Crippen LogP contribution in [-0.2, 0) is 6.42 Å². The van der Waals surface area contributed by atoms with Crippen LogP contribution in [-0.4, -0.2) is 0 Å². The zero-order valence-corrected chi connectivity index (χ0v) is 14.1. The summed E-state index contributed by atoms with van der Waals surface area (Å²) >= 11 is 6.73. The molecular weight excluding hydrogens is 387 g/mol. The maximum absolute atomic E-state index is 13.3. The first-order valence-electron chi connectivity index (χ1n) is 6.18. The number of hydrogen-bond acceptors (Lipinski definition) is 2. The monoisotopic (exact) mass is 400 g/mol. The molecular formula is C15H15Br2FN2. The molecule has 106 valence electrons. The van der Waals surface area contributed by atoms with Crippen molar-refractivity contribution in [2.75, 3.05) is 0 Å². The molecule has 5 heteroatoms. The molecule has 2 aromatic carbocycles. The quantitative estimate of drug-likeness (QED) is 0.588. The lowest BCUT2D eigenvalue weighted by Crippen LogP contribution is -2.30. The van der Waals surface area contributed by atoms with Crippen LogP contribution in [0.15, 0.2) is 45.3 Å². The van der Waals surface area contributed by atoms with Crippen molar-refractivity contribution in [2.24, 2.45) is 5.84 Å². The van der Waals surface area contributed by atoms with Gasteiger partial charge in [-0.05, 0) is 64.2 Å². The molecule has 0 fully saturated rings. The van der Waals surface area contributed by atoms with E-state index in [0.717, 1.165) is 21.2 Å². The van der Waals surface area contributed by atoms with Gasteiger partial charge in [0, 0.05) is 4.47 Å². The highest BCUT2D eigenvalue weighted by atomic mass is 79.9. The van der Waals surface area contributed by atoms with E-state index in [4.69, 9.17) is 5.84 Å². The molecule has 0 heterocycles. The molecule has 2 aromatic rings. The zero-order chi connectivity index (χ0) is 14.7. The van der Waals surface area contributed by atoms with Crippen LogP contribution in [0.2, 0.25) is 0 Å². The third-order valence-electron chi connectivity index (χ3n) is 3.31. The van der Waals surface area contributed by atoms with Gasteiger partial charge in [-0.3, -0.25) is 11.3 Å². The summed E-state index contributed by atoms with van der Waals surface area (Å²) in [7, 11) is 0. The molecule has 0 saturated heterocycles. The summed E-state index contributed by atoms with van der Waals surface area (Å²) in [6.07, 6.45) is 0.687. The van der Waals surface area contributed by atoms with E-state index >= 15 is 0 Å². The Morgan fingerprint density at radius 1 is 1.20 bits per heavy atom. The normalized spacial score (nSPS) is 12.4. The van der Waals surface area contributed by atoms with E-state index in [1.165, 1.54) is 6.07 Å². The van der Waals surface area contributed by atoms with Crippen molar-refractivity contribution in [3.05, 3.63) is 67.9 Å². The maximum Gasteiger partial charge on any atom is 0.137 e. The molecule has 0 saturated carbocycles. The summed E-state index contributed by atoms with van der Waals surface area (Å²) in [6.45, 7) is 2.05. The summed E-state index contributed by atoms with van der Waals surface area (Å²) in [5, 5.41) is 0. The van der Waals surface area contributed by atoms with E-state index < -0.39 is 0 Å². The Morgan fingerprint density at radius 3 is 2.60 bits per heavy atom. The Balaban J connectivity index is 2.28. The second-order valence-electron chi connectivity index (χ2n) is 4.63. The third-order valence-corrected chi connectivity index (χ3v) is 4.78. The van der Waals surface area contributed by atoms with Crippen molar-refractivity contribution in [3.63, 3.8) is 0 Å². The molecule has 0 radical (unpaired) electrons. The number of hydrogen-bond donors (Lipinski definition) is 2. The molecule has 20 heavy (non-hydrogen) atoms. The van der Waals surface area contributed by atoms with Gasteiger partial charge in [-0.2, -0.15) is 0 Å². The van der Waals surface area contributed by atoms with E-state index in [-0.39, 0.29) is 11.9 Å². The van der Waals surface area contributed by atoms with Gasteiger partial charge in [-0.1, -0.05) is 34.1 Å². The van der Waals surface area contributed by atoms with Gasteiger partial charge >= 0.3 is 0 Å². The van der Waals surface area contributed by atoms with Gasteiger partial charge < -0.3 is 0 Å². The van der Waals surface area contributed by atoms with Crippen LogP contribution >= 0.6 is 31.9 Å². The molecule has 0 aliphatic heterocycles. The minimum Gasteiger partial charge on any atom is -0.271 e. The lowest BCUT2D eigenvalue weighted by atomic mass is 9.96. The molecule has 2 nitrogen and oxygen atoms in total. The van der Waals surface area contributed by atoms with Gasteiger partial charge in [0.15, 0.2) is 0 Å². The fraction of sp³-hybridized carbons (Fsp3) is 0.200. The van der Waals surface area contributed by atoms with Crippen molar-refractivity contribution >= 4 is 31.9 Å². The fourth-order valence-corrected chi connectivity index (χ4v) is 2.97. The summed E-state index contributed by atoms with van der Waals surface area (Å²) in [5.41, 5.74) is 6.13. The molecule has 0 bridgehead atoms. The van der Waals surface area contributed by atoms with Crippen molar-refractivity contribution in [2.45, 2.75) is 19.4 Å². The van der Waals surface area contributed by atoms with Crippen LogP contribution < -0.4 is 11.3 Å². The molecule has 0 aliphatic carbocycles. The van der Waals surface area contributed by atoms with Crippen LogP contribution in [0.25, 0.3) is 0 Å². The topological polar surface area (TPSA) is 38.0 Å². The number of halogens is 3. The number of nitrogens with two attached hydrogens (primary N) is 1. The van der Waals surface area contributed by atoms with Gasteiger partial charge in [-0.15, -0.1) is 0 Å². The molecule has 0 aromatic heterocycles. The standard InChI is InChI=1S/C15H15Br2FN2/c1-9-11(3-2-4-12(9)16)15(20-19)8-10-5-6-14(18)13(17)7-10/h2-7,15,20H,8,19H2,1H3. The first-order chi connectivity index (χ1) is 9.52. The van der Waals surface area contributed by atoms with Crippen LogP contribution in [0, 0.1) is 12.7 Å². The van der Waals surface area contributed by atoms with Gasteiger partial charge in [0.25, 0.3) is 0 Å². The SMILES string of the molecule is Cc1c(Br)cccc1C(Cc1ccc(F)c(Br)c1)NN. The summed E-state index contributed by atoms with van der Waals surface area (Å²) in [5.74, 6) is 5.43. The Hall–Kier alpha value is -0.750. The van der Waals surface area contributed by atoms with Crippen molar-refractivity contribution in [1.82, 2.24) is 5.43 Å². The van der Waals surface area contributed by atoms with Crippen LogP contribution in [0.4, 0.5) is 4.39 Å². The Bertz CT molecular complexity index is 617. The Morgan fingerprint density at radius 2 is 1.95 bits per heavy atom. The minimum atomic E-state index is -0.260. The average molecular weight is 402 g/mol. The maximum atomic E-state index is 13.3. The predicted molar refractivity (Wildman–Crippen MR) is 86.7 cm³/mol. The lowest BCUT2D eigenvalue weighted by molar-refractivity contribution is 0.547. The van der Waals surface area contributed by atoms with Crippen LogP contribution in [0.3, 0.4) is 0 Å².